The van der Waals surface area contributed by atoms with E-state index in [-0.39, 0.29) is 0 Å². The van der Waals surface area contributed by atoms with E-state index in [0.29, 0.717) is 13.0 Å². The average molecular weight is 241 g/mol. The van der Waals surface area contributed by atoms with Crippen LogP contribution in [-0.4, -0.2) is 30.8 Å². The predicted molar refractivity (Wildman–Crippen MR) is 66.8 cm³/mol. The summed E-state index contributed by atoms with van der Waals surface area (Å²) in [6, 6.07) is 2.10. The van der Waals surface area contributed by atoms with Gasteiger partial charge in [0.05, 0.1) is 6.07 Å². The highest BCUT2D eigenvalue weighted by molar-refractivity contribution is 5.64. The molecule has 0 saturated heterocycles. The van der Waals surface area contributed by atoms with E-state index >= 15 is 0 Å². The lowest BCUT2D eigenvalue weighted by atomic mass is 10.1. The summed E-state index contributed by atoms with van der Waals surface area (Å²) in [6.07, 6.45) is 6.37. The molecule has 0 aromatic carbocycles. The van der Waals surface area contributed by atoms with E-state index in [1.165, 1.54) is 19.3 Å². The second-order valence-electron chi connectivity index (χ2n) is 4.01. The van der Waals surface area contributed by atoms with Gasteiger partial charge in [-0.2, -0.15) is 5.26 Å². The number of hydrogen-bond acceptors (Lipinski definition) is 3. The molecule has 0 heterocycles. The van der Waals surface area contributed by atoms with Crippen molar-refractivity contribution in [1.29, 1.82) is 5.26 Å². The molecule has 1 amide bonds. The third-order valence-corrected chi connectivity index (χ3v) is 2.47. The molecule has 3 N–H and O–H groups in total. The van der Waals surface area contributed by atoms with Crippen LogP contribution in [-0.2, 0) is 0 Å². The minimum atomic E-state index is -0.937. The summed E-state index contributed by atoms with van der Waals surface area (Å²) in [5.74, 6) is 0. The molecule has 17 heavy (non-hydrogen) atoms. The molecule has 0 radical (unpaired) electrons. The summed E-state index contributed by atoms with van der Waals surface area (Å²) < 4.78 is 0. The van der Waals surface area contributed by atoms with Crippen molar-refractivity contribution >= 4 is 6.09 Å². The summed E-state index contributed by atoms with van der Waals surface area (Å²) >= 11 is 0. The number of nitrogens with one attached hydrogen (secondary N) is 2. The lowest BCUT2D eigenvalue weighted by Crippen LogP contribution is -2.21. The molecule has 0 spiro atoms. The molecule has 0 saturated carbocycles. The number of nitrogens with zero attached hydrogens (tertiary/aromatic N) is 1. The highest BCUT2D eigenvalue weighted by Crippen LogP contribution is 2.04. The molecule has 0 aromatic rings. The lowest BCUT2D eigenvalue weighted by molar-refractivity contribution is 0.194. The second-order valence-corrected chi connectivity index (χ2v) is 4.01. The SMILES string of the molecule is N#CCCNCCCCCCCCNC(=O)O. The first-order chi connectivity index (χ1) is 8.27. The number of unbranched alkanes of at least 4 members (excludes halogenated alkanes) is 5. The first-order valence-electron chi connectivity index (χ1n) is 6.32. The van der Waals surface area contributed by atoms with Gasteiger partial charge in [0.1, 0.15) is 0 Å². The quantitative estimate of drug-likeness (QED) is 0.483. The van der Waals surface area contributed by atoms with Gasteiger partial charge in [-0.05, 0) is 19.4 Å². The number of hydrogen-bond donors (Lipinski definition) is 3. The van der Waals surface area contributed by atoms with Crippen molar-refractivity contribution < 1.29 is 9.90 Å². The molecule has 5 heteroatoms. The molecular formula is C12H23N3O2. The number of nitriles is 1. The first kappa shape index (κ1) is 15.7. The maximum absolute atomic E-state index is 10.1. The lowest BCUT2D eigenvalue weighted by Gasteiger charge is -2.03. The smallest absolute Gasteiger partial charge is 0.404 e. The Balaban J connectivity index is 2.94. The number of carbonyl (C=O) groups is 1. The molecule has 98 valence electrons. The van der Waals surface area contributed by atoms with Crippen LogP contribution in [0.25, 0.3) is 0 Å². The topological polar surface area (TPSA) is 85.2 Å². The molecule has 5 nitrogen and oxygen atoms in total. The van der Waals surface area contributed by atoms with Crippen molar-refractivity contribution in [2.24, 2.45) is 0 Å². The molecule has 0 aliphatic carbocycles. The minimum absolute atomic E-state index is 0.561. The van der Waals surface area contributed by atoms with Gasteiger partial charge in [-0.3, -0.25) is 0 Å². The number of rotatable bonds is 11. The normalized spacial score (nSPS) is 9.82. The second kappa shape index (κ2) is 12.8. The van der Waals surface area contributed by atoms with Crippen LogP contribution in [0.4, 0.5) is 4.79 Å². The Morgan fingerprint density at radius 1 is 1.00 bits per heavy atom. The van der Waals surface area contributed by atoms with Crippen molar-refractivity contribution in [2.45, 2.75) is 44.9 Å². The maximum atomic E-state index is 10.1. The van der Waals surface area contributed by atoms with Gasteiger partial charge in [0.15, 0.2) is 0 Å². The van der Waals surface area contributed by atoms with E-state index in [1.807, 2.05) is 0 Å². The van der Waals surface area contributed by atoms with Crippen LogP contribution in [0.5, 0.6) is 0 Å². The van der Waals surface area contributed by atoms with Gasteiger partial charge in [0.25, 0.3) is 0 Å². The van der Waals surface area contributed by atoms with Gasteiger partial charge in [-0.1, -0.05) is 25.7 Å². The van der Waals surface area contributed by atoms with E-state index in [0.717, 1.165) is 32.4 Å². The molecule has 0 unspecified atom stereocenters. The summed E-state index contributed by atoms with van der Waals surface area (Å²) in [6.45, 7) is 2.34. The zero-order valence-corrected chi connectivity index (χ0v) is 10.4. The van der Waals surface area contributed by atoms with Crippen LogP contribution in [0, 0.1) is 11.3 Å². The molecule has 0 aromatic heterocycles. The summed E-state index contributed by atoms with van der Waals surface area (Å²) in [7, 11) is 0. The zero-order valence-electron chi connectivity index (χ0n) is 10.4. The van der Waals surface area contributed by atoms with E-state index in [9.17, 15) is 4.79 Å². The highest BCUT2D eigenvalue weighted by atomic mass is 16.4. The van der Waals surface area contributed by atoms with Crippen molar-refractivity contribution in [3.05, 3.63) is 0 Å². The Morgan fingerprint density at radius 2 is 1.59 bits per heavy atom. The fourth-order valence-corrected chi connectivity index (χ4v) is 1.55. The summed E-state index contributed by atoms with van der Waals surface area (Å²) in [5, 5.41) is 22.2. The summed E-state index contributed by atoms with van der Waals surface area (Å²) in [5.41, 5.74) is 0. The van der Waals surface area contributed by atoms with Crippen LogP contribution >= 0.6 is 0 Å². The van der Waals surface area contributed by atoms with Crippen molar-refractivity contribution in [3.8, 4) is 6.07 Å². The molecule has 0 rings (SSSR count). The third-order valence-electron chi connectivity index (χ3n) is 2.47. The van der Waals surface area contributed by atoms with E-state index < -0.39 is 6.09 Å². The molecule has 0 fully saturated rings. The monoisotopic (exact) mass is 241 g/mol. The first-order valence-corrected chi connectivity index (χ1v) is 6.32. The van der Waals surface area contributed by atoms with Crippen molar-refractivity contribution in [3.63, 3.8) is 0 Å². The highest BCUT2D eigenvalue weighted by Gasteiger charge is 1.94. The van der Waals surface area contributed by atoms with Crippen LogP contribution in [0.3, 0.4) is 0 Å². The van der Waals surface area contributed by atoms with Gasteiger partial charge >= 0.3 is 6.09 Å². The fourth-order valence-electron chi connectivity index (χ4n) is 1.55. The van der Waals surface area contributed by atoms with Crippen molar-refractivity contribution in [2.75, 3.05) is 19.6 Å². The molecule has 0 aliphatic rings. The summed E-state index contributed by atoms with van der Waals surface area (Å²) in [4.78, 5) is 10.1. The molecular weight excluding hydrogens is 218 g/mol. The maximum Gasteiger partial charge on any atom is 0.404 e. The van der Waals surface area contributed by atoms with Gasteiger partial charge in [0, 0.05) is 19.5 Å². The Bertz CT molecular complexity index is 226. The Morgan fingerprint density at radius 3 is 2.18 bits per heavy atom. The largest absolute Gasteiger partial charge is 0.465 e. The van der Waals surface area contributed by atoms with E-state index in [4.69, 9.17) is 10.4 Å². The van der Waals surface area contributed by atoms with Gasteiger partial charge in [0.2, 0.25) is 0 Å². The van der Waals surface area contributed by atoms with Crippen LogP contribution in [0.2, 0.25) is 0 Å². The molecule has 0 bridgehead atoms. The van der Waals surface area contributed by atoms with Gasteiger partial charge in [-0.25, -0.2) is 4.79 Å². The van der Waals surface area contributed by atoms with E-state index in [2.05, 4.69) is 16.7 Å². The standard InChI is InChI=1S/C12H23N3O2/c13-8-7-10-14-9-5-3-1-2-4-6-11-15-12(16)17/h14-15H,1-7,9-11H2,(H,16,17). The Labute approximate surface area is 103 Å². The van der Waals surface area contributed by atoms with Gasteiger partial charge < -0.3 is 15.7 Å². The van der Waals surface area contributed by atoms with Crippen molar-refractivity contribution in [1.82, 2.24) is 10.6 Å². The zero-order chi connectivity index (χ0) is 12.8. The Hall–Kier alpha value is -1.28. The van der Waals surface area contributed by atoms with Crippen LogP contribution in [0.15, 0.2) is 0 Å². The van der Waals surface area contributed by atoms with Crippen LogP contribution in [0.1, 0.15) is 44.9 Å². The van der Waals surface area contributed by atoms with E-state index in [1.54, 1.807) is 0 Å². The van der Waals surface area contributed by atoms with Crippen LogP contribution < -0.4 is 10.6 Å². The average Bonchev–Trinajstić information content (AvgIpc) is 2.30. The molecule has 0 atom stereocenters. The molecule has 0 aliphatic heterocycles. The minimum Gasteiger partial charge on any atom is -0.465 e. The fraction of sp³-hybridized carbons (Fsp3) is 0.833. The van der Waals surface area contributed by atoms with Gasteiger partial charge in [-0.15, -0.1) is 0 Å². The Kier molecular flexibility index (Phi) is 11.8. The third kappa shape index (κ3) is 14.7. The number of amides is 1. The number of carboxylic acid groups (broad SMARTS) is 1. The predicted octanol–water partition coefficient (Wildman–Crippen LogP) is 2.10.